The van der Waals surface area contributed by atoms with Gasteiger partial charge in [0.25, 0.3) is 0 Å². The number of hydrogen-bond acceptors (Lipinski definition) is 5. The number of methoxy groups -OCH3 is 1. The molecule has 0 spiro atoms. The quantitative estimate of drug-likeness (QED) is 0.355. The zero-order valence-corrected chi connectivity index (χ0v) is 20.8. The van der Waals surface area contributed by atoms with E-state index in [2.05, 4.69) is 9.88 Å². The van der Waals surface area contributed by atoms with Crippen LogP contribution in [0.2, 0.25) is 0 Å². The normalized spacial score (nSPS) is 19.3. The Morgan fingerprint density at radius 1 is 1.22 bits per heavy atom. The molecule has 0 saturated carbocycles. The van der Waals surface area contributed by atoms with E-state index in [1.54, 1.807) is 25.4 Å². The number of aliphatic hydroxyl groups excluding tert-OH is 1. The predicted octanol–water partition coefficient (Wildman–Crippen LogP) is 5.24. The number of unbranched alkanes of at least 4 members (excludes halogenated alkanes) is 1. The number of fused-ring (bicyclic) bond motifs is 1. The first-order chi connectivity index (χ1) is 17.4. The first-order valence-electron chi connectivity index (χ1n) is 12.7. The highest BCUT2D eigenvalue weighted by atomic mass is 19.1. The first-order valence-corrected chi connectivity index (χ1v) is 12.7. The number of piperidine rings is 1. The fourth-order valence-corrected chi connectivity index (χ4v) is 5.35. The topological polar surface area (TPSA) is 82.9 Å². The van der Waals surface area contributed by atoms with Crippen LogP contribution in [0, 0.1) is 17.7 Å². The molecular formula is C29H35FN2O4. The molecule has 7 heteroatoms. The summed E-state index contributed by atoms with van der Waals surface area (Å²) in [5, 5.41) is 21.8. The summed E-state index contributed by atoms with van der Waals surface area (Å²) in [7, 11) is 1.61. The van der Waals surface area contributed by atoms with Crippen LogP contribution in [0.5, 0.6) is 5.75 Å². The number of ether oxygens (including phenoxy) is 1. The van der Waals surface area contributed by atoms with E-state index in [4.69, 9.17) is 4.74 Å². The van der Waals surface area contributed by atoms with Crippen molar-refractivity contribution in [3.63, 3.8) is 0 Å². The van der Waals surface area contributed by atoms with Gasteiger partial charge >= 0.3 is 5.97 Å². The Hall–Kier alpha value is -3.03. The molecule has 192 valence electrons. The maximum Gasteiger partial charge on any atom is 0.308 e. The van der Waals surface area contributed by atoms with Crippen LogP contribution >= 0.6 is 0 Å². The molecular weight excluding hydrogens is 459 g/mol. The highest BCUT2D eigenvalue weighted by Crippen LogP contribution is 2.33. The van der Waals surface area contributed by atoms with E-state index < -0.39 is 18.0 Å². The fourth-order valence-electron chi connectivity index (χ4n) is 5.35. The summed E-state index contributed by atoms with van der Waals surface area (Å²) in [5.74, 6) is -0.677. The molecule has 2 heterocycles. The van der Waals surface area contributed by atoms with Gasteiger partial charge in [0.05, 0.1) is 24.6 Å². The lowest BCUT2D eigenvalue weighted by atomic mass is 9.81. The van der Waals surface area contributed by atoms with E-state index in [0.717, 1.165) is 60.8 Å². The second-order valence-electron chi connectivity index (χ2n) is 9.76. The number of carboxylic acid groups (broad SMARTS) is 1. The van der Waals surface area contributed by atoms with Crippen molar-refractivity contribution in [2.24, 2.45) is 11.8 Å². The van der Waals surface area contributed by atoms with Gasteiger partial charge in [0.2, 0.25) is 0 Å². The zero-order valence-electron chi connectivity index (χ0n) is 20.8. The molecule has 1 fully saturated rings. The number of pyridine rings is 1. The zero-order chi connectivity index (χ0) is 25.5. The molecule has 0 bridgehead atoms. The number of halogens is 1. The molecule has 1 saturated heterocycles. The van der Waals surface area contributed by atoms with Crippen molar-refractivity contribution >= 4 is 16.9 Å². The third-order valence-corrected chi connectivity index (χ3v) is 7.39. The maximum atomic E-state index is 13.3. The largest absolute Gasteiger partial charge is 0.497 e. The Bertz CT molecular complexity index is 1170. The van der Waals surface area contributed by atoms with Gasteiger partial charge in [-0.05, 0) is 105 Å². The predicted molar refractivity (Wildman–Crippen MR) is 137 cm³/mol. The summed E-state index contributed by atoms with van der Waals surface area (Å²) in [5.41, 5.74) is 2.58. The van der Waals surface area contributed by atoms with E-state index in [0.29, 0.717) is 25.1 Å². The molecule has 1 aromatic heterocycles. The van der Waals surface area contributed by atoms with Gasteiger partial charge in [-0.3, -0.25) is 9.78 Å². The van der Waals surface area contributed by atoms with Crippen LogP contribution in [0.4, 0.5) is 4.39 Å². The van der Waals surface area contributed by atoms with Crippen LogP contribution < -0.4 is 4.74 Å². The van der Waals surface area contributed by atoms with Crippen LogP contribution in [0.1, 0.15) is 49.3 Å². The van der Waals surface area contributed by atoms with Crippen molar-refractivity contribution in [1.29, 1.82) is 0 Å². The summed E-state index contributed by atoms with van der Waals surface area (Å²) < 4.78 is 18.7. The average Bonchev–Trinajstić information content (AvgIpc) is 2.89. The Morgan fingerprint density at radius 2 is 2.08 bits per heavy atom. The lowest BCUT2D eigenvalue weighted by molar-refractivity contribution is -0.146. The Labute approximate surface area is 211 Å². The van der Waals surface area contributed by atoms with Crippen LogP contribution in [0.15, 0.2) is 54.7 Å². The van der Waals surface area contributed by atoms with Gasteiger partial charge in [-0.2, -0.15) is 0 Å². The number of benzene rings is 2. The van der Waals surface area contributed by atoms with Crippen molar-refractivity contribution in [1.82, 2.24) is 9.88 Å². The molecule has 6 nitrogen and oxygen atoms in total. The van der Waals surface area contributed by atoms with Gasteiger partial charge in [0, 0.05) is 18.1 Å². The number of carbonyl (C=O) groups is 1. The van der Waals surface area contributed by atoms with Gasteiger partial charge in [-0.25, -0.2) is 4.39 Å². The number of carboxylic acids is 1. The summed E-state index contributed by atoms with van der Waals surface area (Å²) in [6.45, 7) is 2.24. The van der Waals surface area contributed by atoms with Crippen LogP contribution in [-0.2, 0) is 11.2 Å². The van der Waals surface area contributed by atoms with E-state index >= 15 is 0 Å². The van der Waals surface area contributed by atoms with Gasteiger partial charge in [-0.1, -0.05) is 12.1 Å². The molecule has 0 aliphatic carbocycles. The van der Waals surface area contributed by atoms with Crippen LogP contribution in [-0.4, -0.2) is 52.8 Å². The van der Waals surface area contributed by atoms with E-state index in [9.17, 15) is 19.4 Å². The molecule has 3 aromatic rings. The number of aliphatic carboxylic acids is 1. The summed E-state index contributed by atoms with van der Waals surface area (Å²) in [6, 6.07) is 14.1. The van der Waals surface area contributed by atoms with E-state index in [-0.39, 0.29) is 11.7 Å². The molecule has 0 unspecified atom stereocenters. The highest BCUT2D eigenvalue weighted by molar-refractivity contribution is 5.83. The minimum absolute atomic E-state index is 0.0309. The molecule has 1 aliphatic heterocycles. The average molecular weight is 495 g/mol. The van der Waals surface area contributed by atoms with Crippen molar-refractivity contribution in [3.05, 3.63) is 71.7 Å². The summed E-state index contributed by atoms with van der Waals surface area (Å²) in [6.07, 6.45) is 5.67. The molecule has 0 radical (unpaired) electrons. The minimum Gasteiger partial charge on any atom is -0.497 e. The molecule has 1 aliphatic rings. The number of hydrogen-bond donors (Lipinski definition) is 2. The SMILES string of the molecule is COc1ccc2nccc([C@H](O)CC[C@@H]3CCN(CCCCc4cccc(F)c4)C[C@@H]3C(=O)O)c2c1. The van der Waals surface area contributed by atoms with Crippen molar-refractivity contribution in [2.75, 3.05) is 26.7 Å². The Morgan fingerprint density at radius 3 is 2.86 bits per heavy atom. The third-order valence-electron chi connectivity index (χ3n) is 7.39. The van der Waals surface area contributed by atoms with Crippen LogP contribution in [0.25, 0.3) is 10.9 Å². The van der Waals surface area contributed by atoms with Crippen LogP contribution in [0.3, 0.4) is 0 Å². The monoisotopic (exact) mass is 494 g/mol. The minimum atomic E-state index is -0.766. The Balaban J connectivity index is 1.29. The molecule has 0 amide bonds. The van der Waals surface area contributed by atoms with Crippen molar-refractivity contribution < 1.29 is 24.1 Å². The lowest BCUT2D eigenvalue weighted by Gasteiger charge is -2.37. The number of likely N-dealkylation sites (tertiary alicyclic amines) is 1. The standard InChI is InChI=1S/C29H35FN2O4/c1-36-23-9-10-27-25(18-23)24(12-14-31-27)28(33)11-8-21-13-16-32(19-26(21)29(34)35)15-3-2-5-20-6-4-7-22(30)17-20/h4,6-7,9-10,12,14,17-18,21,26,28,33H,2-3,5,8,11,13,15-16,19H2,1H3,(H,34,35)/t21-,26+,28-/m1/s1. The molecule has 4 rings (SSSR count). The second-order valence-corrected chi connectivity index (χ2v) is 9.76. The van der Waals surface area contributed by atoms with Crippen molar-refractivity contribution in [2.45, 2.75) is 44.6 Å². The van der Waals surface area contributed by atoms with Gasteiger partial charge in [0.15, 0.2) is 0 Å². The number of aryl methyl sites for hydroxylation is 1. The highest BCUT2D eigenvalue weighted by Gasteiger charge is 2.34. The van der Waals surface area contributed by atoms with E-state index in [1.807, 2.05) is 30.3 Å². The maximum absolute atomic E-state index is 13.3. The smallest absolute Gasteiger partial charge is 0.308 e. The third kappa shape index (κ3) is 6.59. The van der Waals surface area contributed by atoms with Crippen molar-refractivity contribution in [3.8, 4) is 5.75 Å². The fraction of sp³-hybridized carbons (Fsp3) is 0.448. The van der Waals surface area contributed by atoms with Gasteiger partial charge in [0.1, 0.15) is 11.6 Å². The number of aliphatic hydroxyl groups is 1. The Kier molecular flexibility index (Phi) is 8.88. The van der Waals surface area contributed by atoms with Gasteiger partial charge < -0.3 is 19.8 Å². The first kappa shape index (κ1) is 26.0. The lowest BCUT2D eigenvalue weighted by Crippen LogP contribution is -2.44. The van der Waals surface area contributed by atoms with E-state index in [1.165, 1.54) is 6.07 Å². The second kappa shape index (κ2) is 12.3. The summed E-state index contributed by atoms with van der Waals surface area (Å²) in [4.78, 5) is 18.7. The molecule has 3 atom stereocenters. The summed E-state index contributed by atoms with van der Waals surface area (Å²) >= 11 is 0. The van der Waals surface area contributed by atoms with Gasteiger partial charge in [-0.15, -0.1) is 0 Å². The molecule has 2 aromatic carbocycles. The molecule has 36 heavy (non-hydrogen) atoms. The number of rotatable bonds is 11. The number of nitrogens with zero attached hydrogens (tertiary/aromatic N) is 2. The number of aromatic nitrogens is 1. The molecule has 2 N–H and O–H groups in total.